The molecule has 17 heavy (non-hydrogen) atoms. The largest absolute Gasteiger partial charge is 0.417 e. The third-order valence-electron chi connectivity index (χ3n) is 2.60. The molecule has 0 aliphatic rings. The van der Waals surface area contributed by atoms with Gasteiger partial charge in [-0.2, -0.15) is 13.2 Å². The average Bonchev–Trinajstić information content (AvgIpc) is 2.13. The summed E-state index contributed by atoms with van der Waals surface area (Å²) in [6.45, 7) is 5.57. The van der Waals surface area contributed by atoms with Gasteiger partial charge >= 0.3 is 6.18 Å². The zero-order chi connectivity index (χ0) is 13.4. The normalized spacial score (nSPS) is 14.8. The molecule has 0 fully saturated rings. The summed E-state index contributed by atoms with van der Waals surface area (Å²) in [6.07, 6.45) is -4.45. The van der Waals surface area contributed by atoms with Crippen molar-refractivity contribution < 1.29 is 13.2 Å². The van der Waals surface area contributed by atoms with Crippen molar-refractivity contribution in [1.82, 2.24) is 0 Å². The fraction of sp³-hybridized carbons (Fsp3) is 0.500. The van der Waals surface area contributed by atoms with Gasteiger partial charge in [0.25, 0.3) is 0 Å². The van der Waals surface area contributed by atoms with Crippen LogP contribution in [-0.4, -0.2) is 0 Å². The van der Waals surface area contributed by atoms with Gasteiger partial charge in [-0.25, -0.2) is 0 Å². The Morgan fingerprint density at radius 2 is 1.71 bits per heavy atom. The number of hydrogen-bond acceptors (Lipinski definition) is 1. The van der Waals surface area contributed by atoms with Gasteiger partial charge < -0.3 is 5.73 Å². The molecule has 2 N–H and O–H groups in total. The molecule has 1 aromatic rings. The van der Waals surface area contributed by atoms with Crippen LogP contribution in [0.15, 0.2) is 18.2 Å². The van der Waals surface area contributed by atoms with E-state index < -0.39 is 17.8 Å². The van der Waals surface area contributed by atoms with E-state index in [1.54, 1.807) is 0 Å². The van der Waals surface area contributed by atoms with E-state index in [4.69, 9.17) is 17.3 Å². The molecular formula is C12H15ClF3N. The van der Waals surface area contributed by atoms with Crippen LogP contribution in [-0.2, 0) is 6.18 Å². The molecule has 0 unspecified atom stereocenters. The third kappa shape index (κ3) is 3.13. The van der Waals surface area contributed by atoms with Crippen molar-refractivity contribution in [1.29, 1.82) is 0 Å². The molecule has 0 aliphatic heterocycles. The molecular weight excluding hydrogens is 251 g/mol. The molecule has 1 nitrogen and oxygen atoms in total. The van der Waals surface area contributed by atoms with Crippen molar-refractivity contribution in [3.05, 3.63) is 34.3 Å². The lowest BCUT2D eigenvalue weighted by molar-refractivity contribution is -0.137. The summed E-state index contributed by atoms with van der Waals surface area (Å²) in [6, 6.07) is 3.28. The Bertz CT molecular complexity index is 407. The predicted octanol–water partition coefficient (Wildman–Crippen LogP) is 4.40. The molecule has 0 amide bonds. The van der Waals surface area contributed by atoms with Crippen LogP contribution in [0, 0.1) is 5.41 Å². The van der Waals surface area contributed by atoms with Crippen LogP contribution in [0.25, 0.3) is 0 Å². The van der Waals surface area contributed by atoms with Crippen molar-refractivity contribution in [2.24, 2.45) is 11.1 Å². The highest BCUT2D eigenvalue weighted by molar-refractivity contribution is 6.32. The van der Waals surface area contributed by atoms with Crippen molar-refractivity contribution in [2.75, 3.05) is 0 Å². The smallest absolute Gasteiger partial charge is 0.323 e. The van der Waals surface area contributed by atoms with E-state index in [2.05, 4.69) is 0 Å². The second kappa shape index (κ2) is 4.50. The number of hydrogen-bond donors (Lipinski definition) is 1. The Hall–Kier alpha value is -0.740. The predicted molar refractivity (Wildman–Crippen MR) is 62.8 cm³/mol. The summed E-state index contributed by atoms with van der Waals surface area (Å²) in [5, 5.41) is -0.303. The van der Waals surface area contributed by atoms with Gasteiger partial charge in [-0.15, -0.1) is 0 Å². The molecule has 1 rings (SSSR count). The fourth-order valence-electron chi connectivity index (χ4n) is 1.48. The van der Waals surface area contributed by atoms with Crippen LogP contribution >= 0.6 is 11.6 Å². The molecule has 0 aromatic heterocycles. The van der Waals surface area contributed by atoms with Gasteiger partial charge in [-0.3, -0.25) is 0 Å². The second-order valence-electron chi connectivity index (χ2n) is 5.05. The Morgan fingerprint density at radius 3 is 2.12 bits per heavy atom. The molecule has 0 radical (unpaired) electrons. The van der Waals surface area contributed by atoms with E-state index in [9.17, 15) is 13.2 Å². The molecule has 0 heterocycles. The van der Waals surface area contributed by atoms with Gasteiger partial charge in [-0.1, -0.05) is 44.5 Å². The van der Waals surface area contributed by atoms with E-state index in [0.29, 0.717) is 5.56 Å². The van der Waals surface area contributed by atoms with Gasteiger partial charge in [-0.05, 0) is 17.0 Å². The van der Waals surface area contributed by atoms with E-state index in [1.165, 1.54) is 12.1 Å². The summed E-state index contributed by atoms with van der Waals surface area (Å²) in [7, 11) is 0. The zero-order valence-corrected chi connectivity index (χ0v) is 10.7. The molecule has 0 saturated heterocycles. The summed E-state index contributed by atoms with van der Waals surface area (Å²) in [4.78, 5) is 0. The van der Waals surface area contributed by atoms with Gasteiger partial charge in [0.15, 0.2) is 0 Å². The monoisotopic (exact) mass is 265 g/mol. The van der Waals surface area contributed by atoms with Gasteiger partial charge in [0.1, 0.15) is 0 Å². The Kier molecular flexibility index (Phi) is 3.79. The van der Waals surface area contributed by atoms with E-state index in [1.807, 2.05) is 20.8 Å². The Labute approximate surface area is 104 Å². The maximum atomic E-state index is 12.7. The maximum Gasteiger partial charge on any atom is 0.417 e. The molecule has 1 atom stereocenters. The quantitative estimate of drug-likeness (QED) is 0.800. The average molecular weight is 266 g/mol. The number of rotatable bonds is 1. The van der Waals surface area contributed by atoms with Crippen molar-refractivity contribution >= 4 is 11.6 Å². The summed E-state index contributed by atoms with van der Waals surface area (Å²) in [5.41, 5.74) is 5.07. The minimum absolute atomic E-state index is 0.303. The number of nitrogens with two attached hydrogens (primary N) is 1. The first kappa shape index (κ1) is 14.3. The van der Waals surface area contributed by atoms with Crippen LogP contribution < -0.4 is 5.73 Å². The number of halogens is 4. The molecule has 1 aromatic carbocycles. The topological polar surface area (TPSA) is 26.0 Å². The van der Waals surface area contributed by atoms with E-state index in [0.717, 1.165) is 6.07 Å². The van der Waals surface area contributed by atoms with Gasteiger partial charge in [0.2, 0.25) is 0 Å². The van der Waals surface area contributed by atoms with Crippen molar-refractivity contribution in [2.45, 2.75) is 33.0 Å². The molecule has 0 spiro atoms. The fourth-order valence-corrected chi connectivity index (χ4v) is 1.83. The molecule has 96 valence electrons. The number of alkyl halides is 3. The highest BCUT2D eigenvalue weighted by atomic mass is 35.5. The van der Waals surface area contributed by atoms with Crippen molar-refractivity contribution in [3.63, 3.8) is 0 Å². The minimum Gasteiger partial charge on any atom is -0.323 e. The van der Waals surface area contributed by atoms with Crippen LogP contribution in [0.4, 0.5) is 13.2 Å². The Morgan fingerprint density at radius 1 is 1.18 bits per heavy atom. The molecule has 5 heteroatoms. The summed E-state index contributed by atoms with van der Waals surface area (Å²) in [5.74, 6) is 0. The molecule has 0 saturated carbocycles. The van der Waals surface area contributed by atoms with Gasteiger partial charge in [0, 0.05) is 6.04 Å². The second-order valence-corrected chi connectivity index (χ2v) is 5.43. The summed E-state index contributed by atoms with van der Waals surface area (Å²) < 4.78 is 38.0. The maximum absolute atomic E-state index is 12.7. The summed E-state index contributed by atoms with van der Waals surface area (Å²) >= 11 is 5.79. The third-order valence-corrected chi connectivity index (χ3v) is 3.02. The Balaban J connectivity index is 3.30. The lowest BCUT2D eigenvalue weighted by Crippen LogP contribution is -2.27. The SMILES string of the molecule is CC(C)(C)[C@H](N)c1cccc(C(F)(F)F)c1Cl. The standard InChI is InChI=1S/C12H15ClF3N/c1-11(2,3)10(17)7-5-4-6-8(9(7)13)12(14,15)16/h4-6,10H,17H2,1-3H3/t10-/m1/s1. The van der Waals surface area contributed by atoms with Crippen LogP contribution in [0.1, 0.15) is 37.9 Å². The van der Waals surface area contributed by atoms with Gasteiger partial charge in [0.05, 0.1) is 10.6 Å². The lowest BCUT2D eigenvalue weighted by Gasteiger charge is -2.28. The van der Waals surface area contributed by atoms with Crippen LogP contribution in [0.5, 0.6) is 0 Å². The molecule has 0 bridgehead atoms. The minimum atomic E-state index is -4.45. The van der Waals surface area contributed by atoms with Crippen molar-refractivity contribution in [3.8, 4) is 0 Å². The highest BCUT2D eigenvalue weighted by Crippen LogP contribution is 2.41. The first-order valence-corrected chi connectivity index (χ1v) is 5.54. The number of benzene rings is 1. The highest BCUT2D eigenvalue weighted by Gasteiger charge is 2.35. The van der Waals surface area contributed by atoms with Crippen LogP contribution in [0.2, 0.25) is 5.02 Å². The first-order valence-electron chi connectivity index (χ1n) is 5.16. The van der Waals surface area contributed by atoms with E-state index >= 15 is 0 Å². The lowest BCUT2D eigenvalue weighted by atomic mass is 9.82. The van der Waals surface area contributed by atoms with E-state index in [-0.39, 0.29) is 10.4 Å². The molecule has 0 aliphatic carbocycles. The van der Waals surface area contributed by atoms with Crippen LogP contribution in [0.3, 0.4) is 0 Å². The zero-order valence-electron chi connectivity index (χ0n) is 9.90. The first-order chi connectivity index (χ1) is 7.55.